The molecule has 4 rings (SSSR count). The molecular weight excluding hydrogens is 364 g/mol. The maximum atomic E-state index is 12.9. The van der Waals surface area contributed by atoms with E-state index in [1.54, 1.807) is 14.2 Å². The molecule has 0 aliphatic carbocycles. The van der Waals surface area contributed by atoms with Gasteiger partial charge in [0.15, 0.2) is 4.77 Å². The molecule has 0 bridgehead atoms. The highest BCUT2D eigenvalue weighted by Crippen LogP contribution is 2.26. The van der Waals surface area contributed by atoms with Gasteiger partial charge in [0, 0.05) is 11.9 Å². The van der Waals surface area contributed by atoms with Crippen LogP contribution in [0.5, 0.6) is 11.5 Å². The average molecular weight is 382 g/mol. The summed E-state index contributed by atoms with van der Waals surface area (Å²) in [7, 11) is 3.23. The van der Waals surface area contributed by atoms with Gasteiger partial charge in [-0.1, -0.05) is 12.1 Å². The average Bonchev–Trinajstić information content (AvgIpc) is 3.06. The summed E-state index contributed by atoms with van der Waals surface area (Å²) in [6.45, 7) is 0.394. The van der Waals surface area contributed by atoms with Crippen LogP contribution < -0.4 is 15.0 Å². The third kappa shape index (κ3) is 3.00. The van der Waals surface area contributed by atoms with Gasteiger partial charge in [-0.05, 0) is 54.5 Å². The lowest BCUT2D eigenvalue weighted by atomic mass is 10.1. The van der Waals surface area contributed by atoms with Crippen LogP contribution in [0, 0.1) is 4.77 Å². The molecule has 0 amide bonds. The summed E-state index contributed by atoms with van der Waals surface area (Å²) in [6.07, 6.45) is 0.559. The molecule has 0 aliphatic rings. The number of methoxy groups -OCH3 is 2. The van der Waals surface area contributed by atoms with Crippen molar-refractivity contribution in [2.24, 2.45) is 0 Å². The molecule has 0 saturated heterocycles. The second-order valence-electron chi connectivity index (χ2n) is 6.12. The monoisotopic (exact) mass is 382 g/mol. The molecular formula is C20H18N2O4S. The van der Waals surface area contributed by atoms with E-state index in [0.29, 0.717) is 28.8 Å². The number of hydrogen-bond acceptors (Lipinski definition) is 5. The number of aryl methyl sites for hydroxylation is 1. The highest BCUT2D eigenvalue weighted by atomic mass is 32.1. The molecule has 2 heterocycles. The Morgan fingerprint density at radius 2 is 1.96 bits per heavy atom. The summed E-state index contributed by atoms with van der Waals surface area (Å²) in [5, 5.41) is 0.845. The minimum atomic E-state index is -0.244. The molecule has 0 aliphatic heterocycles. The third-order valence-electron chi connectivity index (χ3n) is 4.60. The van der Waals surface area contributed by atoms with Crippen LogP contribution in [0.15, 0.2) is 51.7 Å². The summed E-state index contributed by atoms with van der Waals surface area (Å²) < 4.78 is 18.3. The molecule has 0 fully saturated rings. The lowest BCUT2D eigenvalue weighted by Gasteiger charge is -2.11. The minimum absolute atomic E-state index is 0.244. The van der Waals surface area contributed by atoms with Crippen LogP contribution in [0.1, 0.15) is 5.56 Å². The first kappa shape index (κ1) is 17.4. The maximum Gasteiger partial charge on any atom is 0.297 e. The van der Waals surface area contributed by atoms with Crippen molar-refractivity contribution >= 4 is 34.3 Å². The summed E-state index contributed by atoms with van der Waals surface area (Å²) in [5.74, 6) is 1.47. The van der Waals surface area contributed by atoms with Crippen LogP contribution in [0.25, 0.3) is 22.1 Å². The van der Waals surface area contributed by atoms with E-state index in [0.717, 1.165) is 22.4 Å². The fraction of sp³-hybridized carbons (Fsp3) is 0.200. The Labute approximate surface area is 160 Å². The van der Waals surface area contributed by atoms with Crippen molar-refractivity contribution in [3.8, 4) is 11.5 Å². The first-order valence-corrected chi connectivity index (χ1v) is 8.88. The Balaban J connectivity index is 1.76. The largest absolute Gasteiger partial charge is 0.497 e. The Morgan fingerprint density at radius 3 is 2.74 bits per heavy atom. The van der Waals surface area contributed by atoms with Crippen molar-refractivity contribution in [2.75, 3.05) is 14.2 Å². The summed E-state index contributed by atoms with van der Waals surface area (Å²) in [5.41, 5.74) is 2.26. The number of H-pyrrole nitrogens is 1. The molecule has 0 spiro atoms. The van der Waals surface area contributed by atoms with Gasteiger partial charge in [-0.2, -0.15) is 0 Å². The van der Waals surface area contributed by atoms with E-state index in [-0.39, 0.29) is 11.1 Å². The molecule has 6 nitrogen and oxygen atoms in total. The van der Waals surface area contributed by atoms with Gasteiger partial charge >= 0.3 is 0 Å². The van der Waals surface area contributed by atoms with Crippen molar-refractivity contribution in [1.82, 2.24) is 9.55 Å². The standard InChI is InChI=1S/C20H18N2O4S/c1-24-13-7-8-15(25-2)12(11-13)9-10-22-19(23)18-17(21-20(22)27)14-5-3-4-6-16(14)26-18/h3-8,11H,9-10H2,1-2H3,(H,21,27). The summed E-state index contributed by atoms with van der Waals surface area (Å²) in [6, 6.07) is 13.1. The molecule has 2 aromatic heterocycles. The van der Waals surface area contributed by atoms with E-state index in [1.165, 1.54) is 4.57 Å². The highest BCUT2D eigenvalue weighted by molar-refractivity contribution is 7.71. The van der Waals surface area contributed by atoms with Crippen LogP contribution in [-0.2, 0) is 13.0 Å². The molecule has 4 aromatic rings. The minimum Gasteiger partial charge on any atom is -0.497 e. The number of aromatic amines is 1. The van der Waals surface area contributed by atoms with Crippen LogP contribution >= 0.6 is 12.2 Å². The Hall–Kier alpha value is -3.06. The lowest BCUT2D eigenvalue weighted by Crippen LogP contribution is -2.22. The molecule has 0 saturated carbocycles. The predicted molar refractivity (Wildman–Crippen MR) is 106 cm³/mol. The number of para-hydroxylation sites is 1. The second-order valence-corrected chi connectivity index (χ2v) is 6.50. The maximum absolute atomic E-state index is 12.9. The molecule has 2 aromatic carbocycles. The van der Waals surface area contributed by atoms with Crippen LogP contribution in [0.3, 0.4) is 0 Å². The quantitative estimate of drug-likeness (QED) is 0.527. The normalized spacial score (nSPS) is 11.2. The third-order valence-corrected chi connectivity index (χ3v) is 4.93. The lowest BCUT2D eigenvalue weighted by molar-refractivity contribution is 0.397. The van der Waals surface area contributed by atoms with E-state index < -0.39 is 0 Å². The van der Waals surface area contributed by atoms with Gasteiger partial charge in [0.1, 0.15) is 22.6 Å². The summed E-state index contributed by atoms with van der Waals surface area (Å²) >= 11 is 5.43. The zero-order chi connectivity index (χ0) is 19.0. The van der Waals surface area contributed by atoms with Crippen LogP contribution in [0.2, 0.25) is 0 Å². The van der Waals surface area contributed by atoms with Gasteiger partial charge in [-0.25, -0.2) is 0 Å². The van der Waals surface area contributed by atoms with Crippen molar-refractivity contribution in [3.05, 3.63) is 63.2 Å². The van der Waals surface area contributed by atoms with E-state index >= 15 is 0 Å². The number of rotatable bonds is 5. The number of ether oxygens (including phenoxy) is 2. The van der Waals surface area contributed by atoms with Crippen molar-refractivity contribution in [1.29, 1.82) is 0 Å². The summed E-state index contributed by atoms with van der Waals surface area (Å²) in [4.78, 5) is 16.1. The van der Waals surface area contributed by atoms with E-state index in [1.807, 2.05) is 42.5 Å². The highest BCUT2D eigenvalue weighted by Gasteiger charge is 2.14. The molecule has 0 unspecified atom stereocenters. The fourth-order valence-electron chi connectivity index (χ4n) is 3.22. The van der Waals surface area contributed by atoms with Crippen molar-refractivity contribution in [2.45, 2.75) is 13.0 Å². The first-order chi connectivity index (χ1) is 13.1. The number of benzene rings is 2. The Kier molecular flexibility index (Phi) is 4.45. The Morgan fingerprint density at radius 1 is 1.15 bits per heavy atom. The van der Waals surface area contributed by atoms with Crippen LogP contribution in [-0.4, -0.2) is 23.8 Å². The molecule has 7 heteroatoms. The zero-order valence-electron chi connectivity index (χ0n) is 14.9. The van der Waals surface area contributed by atoms with Gasteiger partial charge in [0.05, 0.1) is 14.2 Å². The molecule has 27 heavy (non-hydrogen) atoms. The van der Waals surface area contributed by atoms with Gasteiger partial charge in [0.25, 0.3) is 5.56 Å². The number of nitrogens with one attached hydrogen (secondary N) is 1. The SMILES string of the molecule is COc1ccc(OC)c(CCn2c(=S)[nH]c3c(oc4ccccc43)c2=O)c1. The van der Waals surface area contributed by atoms with E-state index in [9.17, 15) is 4.79 Å². The predicted octanol–water partition coefficient (Wildman–Crippen LogP) is 4.07. The second kappa shape index (κ2) is 6.92. The van der Waals surface area contributed by atoms with Gasteiger partial charge in [-0.3, -0.25) is 9.36 Å². The number of aromatic nitrogens is 2. The van der Waals surface area contributed by atoms with Gasteiger partial charge in [0.2, 0.25) is 5.58 Å². The van der Waals surface area contributed by atoms with Gasteiger partial charge < -0.3 is 18.9 Å². The topological polar surface area (TPSA) is 69.4 Å². The van der Waals surface area contributed by atoms with E-state index in [4.69, 9.17) is 26.1 Å². The number of fused-ring (bicyclic) bond motifs is 3. The van der Waals surface area contributed by atoms with E-state index in [2.05, 4.69) is 4.98 Å². The van der Waals surface area contributed by atoms with Crippen molar-refractivity contribution < 1.29 is 13.9 Å². The molecule has 0 atom stereocenters. The fourth-order valence-corrected chi connectivity index (χ4v) is 3.50. The zero-order valence-corrected chi connectivity index (χ0v) is 15.8. The van der Waals surface area contributed by atoms with Gasteiger partial charge in [-0.15, -0.1) is 0 Å². The molecule has 1 N–H and O–H groups in total. The molecule has 138 valence electrons. The van der Waals surface area contributed by atoms with Crippen LogP contribution in [0.4, 0.5) is 0 Å². The smallest absolute Gasteiger partial charge is 0.297 e. The first-order valence-electron chi connectivity index (χ1n) is 8.47. The number of furan rings is 1. The number of nitrogens with zero attached hydrogens (tertiary/aromatic N) is 1. The Bertz CT molecular complexity index is 1250. The number of hydrogen-bond donors (Lipinski definition) is 1. The molecule has 0 radical (unpaired) electrons. The van der Waals surface area contributed by atoms with Crippen molar-refractivity contribution in [3.63, 3.8) is 0 Å².